The molecular weight excluding hydrogens is 266 g/mol. The van der Waals surface area contributed by atoms with E-state index in [1.54, 1.807) is 22.7 Å². The van der Waals surface area contributed by atoms with Gasteiger partial charge in [0.2, 0.25) is 0 Å². The Hall–Kier alpha value is -0.940. The molecule has 17 heavy (non-hydrogen) atoms. The van der Waals surface area contributed by atoms with Gasteiger partial charge in [-0.25, -0.2) is 0 Å². The van der Waals surface area contributed by atoms with E-state index in [4.69, 9.17) is 5.73 Å². The third-order valence-corrected chi connectivity index (χ3v) is 5.78. The van der Waals surface area contributed by atoms with Crippen molar-refractivity contribution in [1.82, 2.24) is 0 Å². The summed E-state index contributed by atoms with van der Waals surface area (Å²) >= 11 is 5.32. The standard InChI is InChI=1S/C13H10NS3/c14-8-9-3-4-12(16-9)13-6-5-11(17-13)10-2-1-7-15-10/h1-3,5-7H,8,14H2. The fourth-order valence-corrected chi connectivity index (χ4v) is 4.31. The Bertz CT molecular complexity index is 604. The molecule has 0 aromatic carbocycles. The summed E-state index contributed by atoms with van der Waals surface area (Å²) in [4.78, 5) is 6.31. The fourth-order valence-electron chi connectivity index (χ4n) is 1.57. The second-order valence-electron chi connectivity index (χ2n) is 3.53. The first-order valence-electron chi connectivity index (χ1n) is 5.21. The molecule has 0 aliphatic rings. The molecule has 0 spiro atoms. The van der Waals surface area contributed by atoms with E-state index in [2.05, 4.69) is 35.7 Å². The minimum Gasteiger partial charge on any atom is -0.326 e. The number of hydrogen-bond donors (Lipinski definition) is 1. The van der Waals surface area contributed by atoms with Gasteiger partial charge in [0, 0.05) is 32.1 Å². The van der Waals surface area contributed by atoms with E-state index in [9.17, 15) is 0 Å². The van der Waals surface area contributed by atoms with E-state index in [-0.39, 0.29) is 0 Å². The van der Waals surface area contributed by atoms with Crippen molar-refractivity contribution in [3.05, 3.63) is 46.7 Å². The van der Waals surface area contributed by atoms with Crippen molar-refractivity contribution in [2.75, 3.05) is 0 Å². The quantitative estimate of drug-likeness (QED) is 0.750. The van der Waals surface area contributed by atoms with Crippen LogP contribution in [0.2, 0.25) is 0 Å². The topological polar surface area (TPSA) is 26.0 Å². The zero-order valence-corrected chi connectivity index (χ0v) is 11.4. The van der Waals surface area contributed by atoms with E-state index in [0.29, 0.717) is 6.54 Å². The van der Waals surface area contributed by atoms with Crippen LogP contribution in [0.1, 0.15) is 4.88 Å². The molecular formula is C13H10NS3. The van der Waals surface area contributed by atoms with Crippen LogP contribution in [0.5, 0.6) is 0 Å². The van der Waals surface area contributed by atoms with Gasteiger partial charge in [0.1, 0.15) is 0 Å². The van der Waals surface area contributed by atoms with Gasteiger partial charge in [0.05, 0.1) is 4.88 Å². The molecule has 3 heterocycles. The number of hydrogen-bond acceptors (Lipinski definition) is 4. The van der Waals surface area contributed by atoms with Crippen molar-refractivity contribution in [1.29, 1.82) is 0 Å². The van der Waals surface area contributed by atoms with E-state index < -0.39 is 0 Å². The summed E-state index contributed by atoms with van der Waals surface area (Å²) in [5.74, 6) is 0. The van der Waals surface area contributed by atoms with Crippen molar-refractivity contribution in [2.24, 2.45) is 5.73 Å². The molecule has 0 fully saturated rings. The highest BCUT2D eigenvalue weighted by atomic mass is 32.1. The maximum absolute atomic E-state index is 5.62. The molecule has 4 heteroatoms. The molecule has 1 nitrogen and oxygen atoms in total. The molecule has 0 bridgehead atoms. The number of rotatable bonds is 3. The molecule has 0 atom stereocenters. The highest BCUT2D eigenvalue weighted by Gasteiger charge is 2.07. The van der Waals surface area contributed by atoms with E-state index in [1.165, 1.54) is 24.4 Å². The van der Waals surface area contributed by atoms with Crippen LogP contribution in [-0.2, 0) is 6.54 Å². The third-order valence-electron chi connectivity index (χ3n) is 2.39. The second-order valence-corrected chi connectivity index (χ2v) is 6.70. The Morgan fingerprint density at radius 1 is 1.06 bits per heavy atom. The molecule has 3 aromatic rings. The minimum atomic E-state index is 0.602. The largest absolute Gasteiger partial charge is 0.326 e. The Kier molecular flexibility index (Phi) is 3.11. The van der Waals surface area contributed by atoms with Gasteiger partial charge in [-0.3, -0.25) is 0 Å². The van der Waals surface area contributed by atoms with Gasteiger partial charge >= 0.3 is 0 Å². The summed E-state index contributed by atoms with van der Waals surface area (Å²) < 4.78 is 0. The van der Waals surface area contributed by atoms with Crippen LogP contribution in [0, 0.1) is 6.07 Å². The lowest BCUT2D eigenvalue weighted by Gasteiger charge is -1.90. The van der Waals surface area contributed by atoms with Crippen LogP contribution >= 0.6 is 34.0 Å². The van der Waals surface area contributed by atoms with Gasteiger partial charge in [-0.05, 0) is 29.6 Å². The van der Waals surface area contributed by atoms with Crippen molar-refractivity contribution < 1.29 is 0 Å². The fraction of sp³-hybridized carbons (Fsp3) is 0.0769. The van der Waals surface area contributed by atoms with Crippen LogP contribution in [0.4, 0.5) is 0 Å². The van der Waals surface area contributed by atoms with Crippen molar-refractivity contribution in [3.8, 4) is 19.5 Å². The molecule has 0 saturated carbocycles. The maximum Gasteiger partial charge on any atom is 0.0525 e. The molecule has 3 aromatic heterocycles. The zero-order valence-electron chi connectivity index (χ0n) is 8.97. The summed E-state index contributed by atoms with van der Waals surface area (Å²) in [6.45, 7) is 0.602. The predicted molar refractivity (Wildman–Crippen MR) is 77.7 cm³/mol. The van der Waals surface area contributed by atoms with Gasteiger partial charge in [0.25, 0.3) is 0 Å². The summed E-state index contributed by atoms with van der Waals surface area (Å²) in [5, 5.41) is 2.11. The Balaban J connectivity index is 1.94. The first-order chi connectivity index (χ1) is 8.36. The smallest absolute Gasteiger partial charge is 0.0525 e. The maximum atomic E-state index is 5.62. The lowest BCUT2D eigenvalue weighted by atomic mass is 10.3. The zero-order chi connectivity index (χ0) is 11.7. The van der Waals surface area contributed by atoms with Crippen molar-refractivity contribution in [3.63, 3.8) is 0 Å². The van der Waals surface area contributed by atoms with Gasteiger partial charge < -0.3 is 5.73 Å². The lowest BCUT2D eigenvalue weighted by molar-refractivity contribution is 1.11. The van der Waals surface area contributed by atoms with Crippen LogP contribution in [0.25, 0.3) is 19.5 Å². The summed E-state index contributed by atoms with van der Waals surface area (Å²) in [6.07, 6.45) is 0. The average Bonchev–Trinajstić information content (AvgIpc) is 3.09. The van der Waals surface area contributed by atoms with Gasteiger partial charge in [-0.15, -0.1) is 34.0 Å². The number of nitrogens with two attached hydrogens (primary N) is 1. The number of thiophene rings is 3. The molecule has 3 rings (SSSR count). The summed E-state index contributed by atoms with van der Waals surface area (Å²) in [5.41, 5.74) is 5.62. The molecule has 0 amide bonds. The first-order valence-corrected chi connectivity index (χ1v) is 7.72. The summed E-state index contributed by atoms with van der Waals surface area (Å²) in [6, 6.07) is 13.9. The molecule has 0 aliphatic heterocycles. The van der Waals surface area contributed by atoms with Crippen LogP contribution in [-0.4, -0.2) is 0 Å². The van der Waals surface area contributed by atoms with Gasteiger partial charge in [-0.1, -0.05) is 6.07 Å². The highest BCUT2D eigenvalue weighted by Crippen LogP contribution is 2.38. The van der Waals surface area contributed by atoms with Crippen molar-refractivity contribution >= 4 is 34.0 Å². The van der Waals surface area contributed by atoms with E-state index >= 15 is 0 Å². The van der Waals surface area contributed by atoms with E-state index in [0.717, 1.165) is 0 Å². The minimum absolute atomic E-state index is 0.602. The molecule has 0 saturated heterocycles. The van der Waals surface area contributed by atoms with Crippen LogP contribution in [0.3, 0.4) is 0 Å². The van der Waals surface area contributed by atoms with Gasteiger partial charge in [0.15, 0.2) is 0 Å². The van der Waals surface area contributed by atoms with Crippen molar-refractivity contribution in [2.45, 2.75) is 6.54 Å². The molecule has 85 valence electrons. The first kappa shape index (κ1) is 11.2. The van der Waals surface area contributed by atoms with Crippen LogP contribution < -0.4 is 5.73 Å². The van der Waals surface area contributed by atoms with Crippen LogP contribution in [0.15, 0.2) is 35.7 Å². The molecule has 1 radical (unpaired) electrons. The SMILES string of the molecule is NCc1c[c]c(-c2ccc(-c3cccs3)s2)s1. The Morgan fingerprint density at radius 2 is 1.94 bits per heavy atom. The predicted octanol–water partition coefficient (Wildman–Crippen LogP) is 4.46. The third kappa shape index (κ3) is 2.21. The lowest BCUT2D eigenvalue weighted by Crippen LogP contribution is -1.90. The second kappa shape index (κ2) is 4.74. The Labute approximate surface area is 112 Å². The normalized spacial score (nSPS) is 10.9. The molecule has 0 aliphatic carbocycles. The Morgan fingerprint density at radius 3 is 2.65 bits per heavy atom. The molecule has 0 unspecified atom stereocenters. The monoisotopic (exact) mass is 276 g/mol. The van der Waals surface area contributed by atoms with Gasteiger partial charge in [-0.2, -0.15) is 0 Å². The van der Waals surface area contributed by atoms with E-state index in [1.807, 2.05) is 17.4 Å². The average molecular weight is 276 g/mol. The summed E-state index contributed by atoms with van der Waals surface area (Å²) in [7, 11) is 0. The highest BCUT2D eigenvalue weighted by molar-refractivity contribution is 7.26. The molecule has 2 N–H and O–H groups in total.